The van der Waals surface area contributed by atoms with Gasteiger partial charge < -0.3 is 4.55 Å². The third-order valence-electron chi connectivity index (χ3n) is 3.11. The fourth-order valence-electron chi connectivity index (χ4n) is 1.85. The summed E-state index contributed by atoms with van der Waals surface area (Å²) in [5, 5.41) is 0. The van der Waals surface area contributed by atoms with E-state index in [-0.39, 0.29) is 0 Å². The van der Waals surface area contributed by atoms with Gasteiger partial charge in [-0.05, 0) is 12.8 Å². The third kappa shape index (κ3) is 9.55. The van der Waals surface area contributed by atoms with E-state index in [9.17, 15) is 13.2 Å². The molecule has 0 amide bonds. The quantitative estimate of drug-likeness (QED) is 0.325. The molecule has 0 aromatic carbocycles. The first-order valence-corrected chi connectivity index (χ1v) is 9.03. The molecule has 0 aliphatic heterocycles. The molecule has 1 aromatic rings. The molecule has 23 heavy (non-hydrogen) atoms. The predicted molar refractivity (Wildman–Crippen MR) is 80.5 cm³/mol. The van der Waals surface area contributed by atoms with Gasteiger partial charge in [0.15, 0.2) is 22.0 Å². The summed E-state index contributed by atoms with van der Waals surface area (Å²) in [7, 11) is -6.09. The van der Waals surface area contributed by atoms with Crippen molar-refractivity contribution in [1.29, 1.82) is 0 Å². The molecule has 0 fully saturated rings. The van der Waals surface area contributed by atoms with Crippen molar-refractivity contribution in [3.05, 3.63) is 30.1 Å². The molecule has 0 radical (unpaired) electrons. The van der Waals surface area contributed by atoms with Crippen molar-refractivity contribution >= 4 is 10.1 Å². The van der Waals surface area contributed by atoms with Crippen LogP contribution in [0.15, 0.2) is 24.4 Å². The van der Waals surface area contributed by atoms with Crippen molar-refractivity contribution < 1.29 is 30.7 Å². The Labute approximate surface area is 136 Å². The number of aryl methyl sites for hydroxylation is 2. The van der Waals surface area contributed by atoms with Gasteiger partial charge in [-0.3, -0.25) is 0 Å². The molecule has 0 bridgehead atoms. The second kappa shape index (κ2) is 10.6. The highest BCUT2D eigenvalue weighted by molar-refractivity contribution is 7.86. The second-order valence-corrected chi connectivity index (χ2v) is 6.47. The summed E-state index contributed by atoms with van der Waals surface area (Å²) in [5.41, 5.74) is -4.15. The lowest BCUT2D eigenvalue weighted by molar-refractivity contribution is -0.704. The van der Waals surface area contributed by atoms with E-state index < -0.39 is 15.6 Å². The van der Waals surface area contributed by atoms with Crippen LogP contribution >= 0.6 is 0 Å². The van der Waals surface area contributed by atoms with Crippen molar-refractivity contribution in [3.8, 4) is 0 Å². The first kappa shape index (κ1) is 21.9. The smallest absolute Gasteiger partial charge is 0.485 e. The van der Waals surface area contributed by atoms with Gasteiger partial charge in [-0.25, -0.2) is 13.0 Å². The second-order valence-electron chi connectivity index (χ2n) is 5.10. The van der Waals surface area contributed by atoms with Crippen LogP contribution in [0.5, 0.6) is 0 Å². The van der Waals surface area contributed by atoms with E-state index in [2.05, 4.69) is 42.8 Å². The van der Waals surface area contributed by atoms with Gasteiger partial charge in [0.2, 0.25) is 0 Å². The van der Waals surface area contributed by atoms with Crippen molar-refractivity contribution in [3.63, 3.8) is 0 Å². The maximum Gasteiger partial charge on any atom is 0.485 e. The monoisotopic (exact) mass is 355 g/mol. The van der Waals surface area contributed by atoms with Gasteiger partial charge >= 0.3 is 5.51 Å². The minimum absolute atomic E-state index is 1.19. The highest BCUT2D eigenvalue weighted by Gasteiger charge is 2.36. The zero-order chi connectivity index (χ0) is 17.9. The number of hydrogen-bond donors (Lipinski definition) is 0. The highest BCUT2D eigenvalue weighted by atomic mass is 32.2. The Morgan fingerprint density at radius 1 is 1.09 bits per heavy atom. The van der Waals surface area contributed by atoms with E-state index in [4.69, 9.17) is 13.0 Å². The lowest BCUT2D eigenvalue weighted by Gasteiger charge is -2.08. The molecule has 134 valence electrons. The summed E-state index contributed by atoms with van der Waals surface area (Å²) in [6, 6.07) is 6.56. The molecule has 0 unspecified atom stereocenters. The molecular weight excluding hydrogens is 331 g/mol. The summed E-state index contributed by atoms with van der Waals surface area (Å²) in [6.07, 6.45) is 9.99. The topological polar surface area (TPSA) is 61.1 Å². The van der Waals surface area contributed by atoms with E-state index >= 15 is 0 Å². The Balaban J connectivity index is 0.000000515. The van der Waals surface area contributed by atoms with Gasteiger partial charge in [0.1, 0.15) is 6.54 Å². The molecule has 0 aliphatic rings. The minimum Gasteiger partial charge on any atom is -0.741 e. The number of hydrogen-bond acceptors (Lipinski definition) is 3. The molecule has 1 rings (SSSR count). The molecule has 0 spiro atoms. The zero-order valence-electron chi connectivity index (χ0n) is 13.5. The number of aromatic nitrogens is 1. The van der Waals surface area contributed by atoms with Crippen LogP contribution in [0.2, 0.25) is 0 Å². The Hall–Kier alpha value is -1.15. The average Bonchev–Trinajstić information content (AvgIpc) is 2.45. The summed E-state index contributed by atoms with van der Waals surface area (Å²) in [5.74, 6) is 0. The molecule has 0 saturated carbocycles. The van der Waals surface area contributed by atoms with Crippen LogP contribution in [0.25, 0.3) is 0 Å². The van der Waals surface area contributed by atoms with Gasteiger partial charge in [0.25, 0.3) is 0 Å². The van der Waals surface area contributed by atoms with E-state index in [1.807, 2.05) is 0 Å². The van der Waals surface area contributed by atoms with Crippen molar-refractivity contribution in [2.45, 2.75) is 64.4 Å². The van der Waals surface area contributed by atoms with Gasteiger partial charge in [-0.2, -0.15) is 13.2 Å². The average molecular weight is 355 g/mol. The first-order valence-electron chi connectivity index (χ1n) is 7.63. The van der Waals surface area contributed by atoms with Gasteiger partial charge in [0, 0.05) is 25.0 Å². The fraction of sp³-hybridized carbons (Fsp3) is 0.667. The third-order valence-corrected chi connectivity index (χ3v) is 3.67. The fourth-order valence-corrected chi connectivity index (χ4v) is 1.85. The van der Waals surface area contributed by atoms with Crippen LogP contribution in [0.1, 0.15) is 51.6 Å². The number of pyridine rings is 1. The Bertz CT molecular complexity index is 545. The van der Waals surface area contributed by atoms with E-state index in [0.29, 0.717) is 0 Å². The van der Waals surface area contributed by atoms with Crippen LogP contribution in [0.4, 0.5) is 13.2 Å². The molecule has 0 saturated heterocycles. The normalized spacial score (nSPS) is 11.7. The lowest BCUT2D eigenvalue weighted by atomic mass is 10.1. The highest BCUT2D eigenvalue weighted by Crippen LogP contribution is 2.20. The summed E-state index contributed by atoms with van der Waals surface area (Å²) < 4.78 is 61.3. The first-order chi connectivity index (χ1) is 10.6. The van der Waals surface area contributed by atoms with Crippen molar-refractivity contribution in [2.75, 3.05) is 0 Å². The molecule has 0 atom stereocenters. The van der Waals surface area contributed by atoms with E-state index in [1.54, 1.807) is 0 Å². The summed E-state index contributed by atoms with van der Waals surface area (Å²) in [6.45, 7) is 5.70. The van der Waals surface area contributed by atoms with Crippen molar-refractivity contribution in [1.82, 2.24) is 0 Å². The SMILES string of the molecule is CCCCC[n+]1ccccc1CCCC.O=S(=O)([O-])C(F)(F)F. The lowest BCUT2D eigenvalue weighted by Crippen LogP contribution is -2.37. The molecule has 1 heterocycles. The zero-order valence-corrected chi connectivity index (χ0v) is 14.3. The van der Waals surface area contributed by atoms with Crippen LogP contribution in [0, 0.1) is 0 Å². The number of nitrogens with zero attached hydrogens (tertiary/aromatic N) is 1. The number of alkyl halides is 3. The summed E-state index contributed by atoms with van der Waals surface area (Å²) in [4.78, 5) is 0. The van der Waals surface area contributed by atoms with Gasteiger partial charge in [-0.15, -0.1) is 0 Å². The van der Waals surface area contributed by atoms with E-state index in [0.717, 1.165) is 0 Å². The van der Waals surface area contributed by atoms with Crippen LogP contribution in [-0.4, -0.2) is 18.5 Å². The van der Waals surface area contributed by atoms with Crippen LogP contribution in [0.3, 0.4) is 0 Å². The van der Waals surface area contributed by atoms with Gasteiger partial charge in [0.05, 0.1) is 0 Å². The van der Waals surface area contributed by atoms with Crippen molar-refractivity contribution in [2.24, 2.45) is 0 Å². The predicted octanol–water partition coefficient (Wildman–Crippen LogP) is 3.56. The maximum absolute atomic E-state index is 10.7. The summed E-state index contributed by atoms with van der Waals surface area (Å²) >= 11 is 0. The minimum atomic E-state index is -6.09. The largest absolute Gasteiger partial charge is 0.741 e. The van der Waals surface area contributed by atoms with Gasteiger partial charge in [-0.1, -0.05) is 32.8 Å². The van der Waals surface area contributed by atoms with E-state index in [1.165, 1.54) is 50.8 Å². The Kier molecular flexibility index (Phi) is 10.1. The number of halogens is 3. The maximum atomic E-state index is 10.7. The molecular formula is C15H24F3NO3S. The molecule has 4 nitrogen and oxygen atoms in total. The molecule has 0 aliphatic carbocycles. The van der Waals surface area contributed by atoms with Crippen LogP contribution < -0.4 is 4.57 Å². The molecule has 0 N–H and O–H groups in total. The molecule has 1 aromatic heterocycles. The van der Waals surface area contributed by atoms with Crippen LogP contribution in [-0.2, 0) is 23.1 Å². The Morgan fingerprint density at radius 3 is 2.13 bits per heavy atom. The number of unbranched alkanes of at least 4 members (excludes halogenated alkanes) is 3. The standard InChI is InChI=1S/C14H24N.CHF3O3S/c1-3-5-8-12-15-13-9-7-11-14(15)10-6-4-2;2-1(3,4)8(5,6)7/h7,9,11,13H,3-6,8,10,12H2,1-2H3;(H,5,6,7)/q+1;/p-1. The number of rotatable bonds is 7. The molecule has 8 heteroatoms. The Morgan fingerprint density at radius 2 is 1.65 bits per heavy atom.